The summed E-state index contributed by atoms with van der Waals surface area (Å²) in [6.07, 6.45) is -1.59. The van der Waals surface area contributed by atoms with Gasteiger partial charge < -0.3 is 15.2 Å². The van der Waals surface area contributed by atoms with Gasteiger partial charge in [-0.2, -0.15) is 13.2 Å². The maximum Gasteiger partial charge on any atom is 0.416 e. The number of hydrogen-bond donors (Lipinski definition) is 2. The zero-order valence-corrected chi connectivity index (χ0v) is 14.6. The molecule has 0 aliphatic carbocycles. The molecule has 0 saturated carbocycles. The van der Waals surface area contributed by atoms with Crippen molar-refractivity contribution >= 4 is 11.8 Å². The third-order valence-electron chi connectivity index (χ3n) is 4.64. The number of likely N-dealkylation sites (tertiary alicyclic amines) is 1. The molecular formula is C19H20F3N3O2. The van der Waals surface area contributed by atoms with Gasteiger partial charge in [-0.05, 0) is 36.6 Å². The Morgan fingerprint density at radius 2 is 1.89 bits per heavy atom. The number of nitrogens with zero attached hydrogens (tertiary/aromatic N) is 1. The lowest BCUT2D eigenvalue weighted by Crippen LogP contribution is -2.47. The number of benzene rings is 1. The first-order valence-electron chi connectivity index (χ1n) is 8.71. The SMILES string of the molecule is O=C(NC1CCN(C(=O)Cc2cccc(C(F)(F)F)c2)CC1)c1ccc[nH]1. The number of carbonyl (C=O) groups is 2. The van der Waals surface area contributed by atoms with Gasteiger partial charge in [-0.15, -0.1) is 0 Å². The van der Waals surface area contributed by atoms with Crippen LogP contribution in [-0.2, 0) is 17.4 Å². The van der Waals surface area contributed by atoms with Crippen LogP contribution in [0, 0.1) is 0 Å². The Morgan fingerprint density at radius 1 is 1.15 bits per heavy atom. The first-order chi connectivity index (χ1) is 12.8. The average Bonchev–Trinajstić information content (AvgIpc) is 3.16. The molecule has 0 unspecified atom stereocenters. The molecule has 27 heavy (non-hydrogen) atoms. The molecule has 1 aliphatic rings. The van der Waals surface area contributed by atoms with Crippen LogP contribution < -0.4 is 5.32 Å². The minimum Gasteiger partial charge on any atom is -0.357 e. The van der Waals surface area contributed by atoms with Gasteiger partial charge in [-0.3, -0.25) is 9.59 Å². The molecule has 3 rings (SSSR count). The Bertz CT molecular complexity index is 795. The Labute approximate surface area is 154 Å². The Balaban J connectivity index is 1.51. The molecule has 0 bridgehead atoms. The quantitative estimate of drug-likeness (QED) is 0.858. The number of aromatic nitrogens is 1. The van der Waals surface area contributed by atoms with Gasteiger partial charge in [0.25, 0.3) is 5.91 Å². The van der Waals surface area contributed by atoms with E-state index in [1.165, 1.54) is 12.1 Å². The van der Waals surface area contributed by atoms with E-state index in [2.05, 4.69) is 10.3 Å². The van der Waals surface area contributed by atoms with Crippen LogP contribution in [-0.4, -0.2) is 40.8 Å². The first kappa shape index (κ1) is 19.0. The summed E-state index contributed by atoms with van der Waals surface area (Å²) >= 11 is 0. The van der Waals surface area contributed by atoms with Crippen LogP contribution in [0.15, 0.2) is 42.6 Å². The summed E-state index contributed by atoms with van der Waals surface area (Å²) in [5.74, 6) is -0.391. The maximum absolute atomic E-state index is 12.8. The van der Waals surface area contributed by atoms with Crippen LogP contribution in [0.4, 0.5) is 13.2 Å². The number of halogens is 3. The van der Waals surface area contributed by atoms with Gasteiger partial charge in [0.1, 0.15) is 5.69 Å². The topological polar surface area (TPSA) is 65.2 Å². The van der Waals surface area contributed by atoms with E-state index < -0.39 is 11.7 Å². The normalized spacial score (nSPS) is 15.6. The minimum absolute atomic E-state index is 0.0293. The summed E-state index contributed by atoms with van der Waals surface area (Å²) in [6.45, 7) is 0.931. The largest absolute Gasteiger partial charge is 0.416 e. The standard InChI is InChI=1S/C19H20F3N3O2/c20-19(21,22)14-4-1-3-13(11-14)12-17(26)25-9-6-15(7-10-25)24-18(27)16-5-2-8-23-16/h1-5,8,11,15,23H,6-7,9-10,12H2,(H,24,27). The van der Waals surface area contributed by atoms with Crippen molar-refractivity contribution in [3.63, 3.8) is 0 Å². The zero-order chi connectivity index (χ0) is 19.4. The first-order valence-corrected chi connectivity index (χ1v) is 8.71. The van der Waals surface area contributed by atoms with Gasteiger partial charge in [-0.1, -0.05) is 18.2 Å². The lowest BCUT2D eigenvalue weighted by atomic mass is 10.0. The van der Waals surface area contributed by atoms with Gasteiger partial charge in [0.05, 0.1) is 12.0 Å². The number of carbonyl (C=O) groups excluding carboxylic acids is 2. The van der Waals surface area contributed by atoms with Gasteiger partial charge in [0.15, 0.2) is 0 Å². The van der Waals surface area contributed by atoms with E-state index >= 15 is 0 Å². The number of amides is 2. The van der Waals surface area contributed by atoms with Crippen molar-refractivity contribution in [2.24, 2.45) is 0 Å². The van der Waals surface area contributed by atoms with Crippen molar-refractivity contribution in [1.82, 2.24) is 15.2 Å². The second-order valence-electron chi connectivity index (χ2n) is 6.59. The number of aromatic amines is 1. The summed E-state index contributed by atoms with van der Waals surface area (Å²) < 4.78 is 38.3. The molecule has 1 saturated heterocycles. The fourth-order valence-electron chi connectivity index (χ4n) is 3.15. The van der Waals surface area contributed by atoms with Crippen molar-refractivity contribution in [2.75, 3.05) is 13.1 Å². The van der Waals surface area contributed by atoms with E-state index in [0.717, 1.165) is 12.1 Å². The van der Waals surface area contributed by atoms with E-state index in [4.69, 9.17) is 0 Å². The fourth-order valence-corrected chi connectivity index (χ4v) is 3.15. The summed E-state index contributed by atoms with van der Waals surface area (Å²) in [4.78, 5) is 28.9. The summed E-state index contributed by atoms with van der Waals surface area (Å²) in [6, 6.07) is 8.24. The second kappa shape index (κ2) is 7.85. The molecule has 0 spiro atoms. The Hall–Kier alpha value is -2.77. The monoisotopic (exact) mass is 379 g/mol. The molecule has 0 radical (unpaired) electrons. The van der Waals surface area contributed by atoms with Crippen molar-refractivity contribution < 1.29 is 22.8 Å². The van der Waals surface area contributed by atoms with Crippen LogP contribution >= 0.6 is 0 Å². The average molecular weight is 379 g/mol. The van der Waals surface area contributed by atoms with Crippen molar-refractivity contribution in [3.8, 4) is 0 Å². The van der Waals surface area contributed by atoms with Crippen LogP contribution in [0.5, 0.6) is 0 Å². The molecule has 1 fully saturated rings. The number of rotatable bonds is 4. The summed E-state index contributed by atoms with van der Waals surface area (Å²) in [5.41, 5.74) is 0.0774. The molecule has 1 aliphatic heterocycles. The molecule has 0 atom stereocenters. The molecule has 8 heteroatoms. The smallest absolute Gasteiger partial charge is 0.357 e. The molecule has 2 N–H and O–H groups in total. The number of H-pyrrole nitrogens is 1. The lowest BCUT2D eigenvalue weighted by Gasteiger charge is -2.32. The predicted octanol–water partition coefficient (Wildman–Crippen LogP) is 3.00. The second-order valence-corrected chi connectivity index (χ2v) is 6.59. The molecule has 144 valence electrons. The van der Waals surface area contributed by atoms with Gasteiger partial charge in [-0.25, -0.2) is 0 Å². The lowest BCUT2D eigenvalue weighted by molar-refractivity contribution is -0.138. The molecule has 2 aromatic rings. The molecular weight excluding hydrogens is 359 g/mol. The number of piperidine rings is 1. The fraction of sp³-hybridized carbons (Fsp3) is 0.368. The Morgan fingerprint density at radius 3 is 2.52 bits per heavy atom. The third kappa shape index (κ3) is 4.90. The molecule has 1 aromatic carbocycles. The van der Waals surface area contributed by atoms with E-state index in [0.29, 0.717) is 37.2 Å². The van der Waals surface area contributed by atoms with Crippen molar-refractivity contribution in [3.05, 3.63) is 59.4 Å². The number of alkyl halides is 3. The van der Waals surface area contributed by atoms with Gasteiger partial charge in [0, 0.05) is 25.3 Å². The highest BCUT2D eigenvalue weighted by Crippen LogP contribution is 2.29. The summed E-state index contributed by atoms with van der Waals surface area (Å²) in [5, 5.41) is 2.92. The molecule has 1 aromatic heterocycles. The van der Waals surface area contributed by atoms with Crippen LogP contribution in [0.3, 0.4) is 0 Å². The summed E-state index contributed by atoms with van der Waals surface area (Å²) in [7, 11) is 0. The van der Waals surface area contributed by atoms with Crippen molar-refractivity contribution in [2.45, 2.75) is 31.5 Å². The van der Waals surface area contributed by atoms with Crippen LogP contribution in [0.1, 0.15) is 34.5 Å². The van der Waals surface area contributed by atoms with Gasteiger partial charge >= 0.3 is 6.18 Å². The van der Waals surface area contributed by atoms with Crippen LogP contribution in [0.2, 0.25) is 0 Å². The molecule has 2 heterocycles. The van der Waals surface area contributed by atoms with Crippen molar-refractivity contribution in [1.29, 1.82) is 0 Å². The van der Waals surface area contributed by atoms with E-state index in [1.807, 2.05) is 0 Å². The highest BCUT2D eigenvalue weighted by atomic mass is 19.4. The van der Waals surface area contributed by atoms with Gasteiger partial charge in [0.2, 0.25) is 5.91 Å². The predicted molar refractivity (Wildman–Crippen MR) is 93.0 cm³/mol. The van der Waals surface area contributed by atoms with E-state index in [-0.39, 0.29) is 24.3 Å². The highest BCUT2D eigenvalue weighted by molar-refractivity contribution is 5.92. The molecule has 5 nitrogen and oxygen atoms in total. The van der Waals surface area contributed by atoms with Crippen LogP contribution in [0.25, 0.3) is 0 Å². The molecule has 2 amide bonds. The minimum atomic E-state index is -4.42. The Kier molecular flexibility index (Phi) is 5.53. The third-order valence-corrected chi connectivity index (χ3v) is 4.64. The zero-order valence-electron chi connectivity index (χ0n) is 14.6. The van der Waals surface area contributed by atoms with E-state index in [1.54, 1.807) is 23.2 Å². The number of hydrogen-bond acceptors (Lipinski definition) is 2. The number of nitrogens with one attached hydrogen (secondary N) is 2. The maximum atomic E-state index is 12.8. The van der Waals surface area contributed by atoms with E-state index in [9.17, 15) is 22.8 Å². The highest BCUT2D eigenvalue weighted by Gasteiger charge is 2.31.